The molecule has 8 heteroatoms. The van der Waals surface area contributed by atoms with Crippen molar-refractivity contribution in [2.45, 2.75) is 26.7 Å². The van der Waals surface area contributed by atoms with Gasteiger partial charge in [-0.15, -0.1) is 11.3 Å². The van der Waals surface area contributed by atoms with E-state index < -0.39 is 5.56 Å². The molecule has 0 radical (unpaired) electrons. The van der Waals surface area contributed by atoms with Crippen molar-refractivity contribution in [3.05, 3.63) is 68.2 Å². The van der Waals surface area contributed by atoms with E-state index >= 15 is 0 Å². The Balaban J connectivity index is 1.67. The van der Waals surface area contributed by atoms with Gasteiger partial charge in [0.15, 0.2) is 5.13 Å². The molecule has 0 aliphatic carbocycles. The third kappa shape index (κ3) is 4.15. The first-order valence-electron chi connectivity index (χ1n) is 8.53. The van der Waals surface area contributed by atoms with Gasteiger partial charge in [-0.2, -0.15) is 5.26 Å². The molecule has 28 heavy (non-hydrogen) atoms. The first kappa shape index (κ1) is 19.5. The summed E-state index contributed by atoms with van der Waals surface area (Å²) in [6.45, 7) is 3.46. The van der Waals surface area contributed by atoms with E-state index in [1.165, 1.54) is 23.5 Å². The number of thiazole rings is 1. The van der Waals surface area contributed by atoms with Crippen LogP contribution in [-0.2, 0) is 11.2 Å². The van der Waals surface area contributed by atoms with Crippen molar-refractivity contribution in [3.8, 4) is 17.3 Å². The molecule has 1 aromatic carbocycles. The molecule has 0 atom stereocenters. The second kappa shape index (κ2) is 8.15. The normalized spacial score (nSPS) is 10.5. The molecular formula is C20H17FN4O2S. The standard InChI is InChI=1S/C20H17FN4O2S/c1-11-15(12(2)23-19(27)16(11)9-22)7-8-18(26)25-20-24-17(10-28-20)13-3-5-14(21)6-4-13/h3-6,10H,7-8H2,1-2H3,(H,23,27)(H,24,25,26). The molecule has 0 fully saturated rings. The summed E-state index contributed by atoms with van der Waals surface area (Å²) < 4.78 is 13.0. The van der Waals surface area contributed by atoms with E-state index in [2.05, 4.69) is 15.3 Å². The van der Waals surface area contributed by atoms with Crippen molar-refractivity contribution in [3.63, 3.8) is 0 Å². The first-order valence-corrected chi connectivity index (χ1v) is 9.40. The molecule has 142 valence electrons. The summed E-state index contributed by atoms with van der Waals surface area (Å²) in [5.74, 6) is -0.539. The molecule has 2 heterocycles. The van der Waals surface area contributed by atoms with E-state index in [9.17, 15) is 14.0 Å². The van der Waals surface area contributed by atoms with Crippen molar-refractivity contribution >= 4 is 22.4 Å². The fraction of sp³-hybridized carbons (Fsp3) is 0.200. The van der Waals surface area contributed by atoms with Crippen LogP contribution in [0.1, 0.15) is 28.8 Å². The molecule has 0 spiro atoms. The van der Waals surface area contributed by atoms with Crippen molar-refractivity contribution < 1.29 is 9.18 Å². The molecule has 6 nitrogen and oxygen atoms in total. The average molecular weight is 396 g/mol. The van der Waals surface area contributed by atoms with E-state index in [-0.39, 0.29) is 23.7 Å². The zero-order valence-corrected chi connectivity index (χ0v) is 16.1. The summed E-state index contributed by atoms with van der Waals surface area (Å²) >= 11 is 1.29. The van der Waals surface area contributed by atoms with Gasteiger partial charge in [-0.25, -0.2) is 9.37 Å². The average Bonchev–Trinajstić information content (AvgIpc) is 3.10. The maximum Gasteiger partial charge on any atom is 0.266 e. The number of aryl methyl sites for hydroxylation is 1. The summed E-state index contributed by atoms with van der Waals surface area (Å²) in [5, 5.41) is 14.1. The van der Waals surface area contributed by atoms with Crippen LogP contribution in [0.4, 0.5) is 9.52 Å². The summed E-state index contributed by atoms with van der Waals surface area (Å²) in [6, 6.07) is 7.88. The third-order valence-electron chi connectivity index (χ3n) is 4.41. The van der Waals surface area contributed by atoms with Gasteiger partial charge < -0.3 is 10.3 Å². The number of H-pyrrole nitrogens is 1. The van der Waals surface area contributed by atoms with Gasteiger partial charge in [-0.3, -0.25) is 9.59 Å². The van der Waals surface area contributed by atoms with E-state index in [0.29, 0.717) is 28.5 Å². The predicted octanol–water partition coefficient (Wildman–Crippen LogP) is 3.70. The minimum absolute atomic E-state index is 0.0740. The maximum atomic E-state index is 13.0. The number of amides is 1. The lowest BCUT2D eigenvalue weighted by atomic mass is 9.99. The Kier molecular flexibility index (Phi) is 5.66. The van der Waals surface area contributed by atoms with E-state index in [1.807, 2.05) is 6.07 Å². The molecular weight excluding hydrogens is 379 g/mol. The third-order valence-corrected chi connectivity index (χ3v) is 5.17. The summed E-state index contributed by atoms with van der Waals surface area (Å²) in [5.41, 5.74) is 3.13. The Labute approximate surface area is 164 Å². The number of halogens is 1. The monoisotopic (exact) mass is 396 g/mol. The number of benzene rings is 1. The quantitative estimate of drug-likeness (QED) is 0.687. The van der Waals surface area contributed by atoms with Crippen LogP contribution in [0.3, 0.4) is 0 Å². The van der Waals surface area contributed by atoms with Gasteiger partial charge in [0.25, 0.3) is 5.56 Å². The number of nitrogens with one attached hydrogen (secondary N) is 2. The lowest BCUT2D eigenvalue weighted by molar-refractivity contribution is -0.116. The van der Waals surface area contributed by atoms with Crippen LogP contribution in [0.25, 0.3) is 11.3 Å². The topological polar surface area (TPSA) is 98.6 Å². The summed E-state index contributed by atoms with van der Waals surface area (Å²) in [4.78, 5) is 31.1. The van der Waals surface area contributed by atoms with Crippen LogP contribution in [0.15, 0.2) is 34.4 Å². The molecule has 0 saturated heterocycles. The minimum Gasteiger partial charge on any atom is -0.325 e. The molecule has 0 aliphatic heterocycles. The number of nitriles is 1. The van der Waals surface area contributed by atoms with Gasteiger partial charge in [0.2, 0.25) is 5.91 Å². The van der Waals surface area contributed by atoms with Crippen LogP contribution in [0, 0.1) is 31.0 Å². The number of rotatable bonds is 5. The first-order chi connectivity index (χ1) is 13.4. The maximum absolute atomic E-state index is 13.0. The van der Waals surface area contributed by atoms with Gasteiger partial charge in [0.05, 0.1) is 5.69 Å². The molecule has 0 saturated carbocycles. The number of aromatic nitrogens is 2. The molecule has 3 rings (SSSR count). The van der Waals surface area contributed by atoms with E-state index in [1.54, 1.807) is 31.4 Å². The van der Waals surface area contributed by atoms with Crippen LogP contribution in [-0.4, -0.2) is 15.9 Å². The van der Waals surface area contributed by atoms with E-state index in [0.717, 1.165) is 11.1 Å². The fourth-order valence-electron chi connectivity index (χ4n) is 2.92. The Morgan fingerprint density at radius 3 is 2.71 bits per heavy atom. The summed E-state index contributed by atoms with van der Waals surface area (Å²) in [6.07, 6.45) is 0.579. The molecule has 2 aromatic heterocycles. The highest BCUT2D eigenvalue weighted by Gasteiger charge is 2.14. The predicted molar refractivity (Wildman–Crippen MR) is 106 cm³/mol. The Morgan fingerprint density at radius 1 is 1.32 bits per heavy atom. The number of nitrogens with zero attached hydrogens (tertiary/aromatic N) is 2. The van der Waals surface area contributed by atoms with Crippen LogP contribution < -0.4 is 10.9 Å². The Bertz CT molecular complexity index is 1130. The lowest BCUT2D eigenvalue weighted by Gasteiger charge is -2.10. The highest BCUT2D eigenvalue weighted by molar-refractivity contribution is 7.14. The minimum atomic E-state index is -0.415. The van der Waals surface area contributed by atoms with Crippen molar-refractivity contribution in [1.29, 1.82) is 5.26 Å². The highest BCUT2D eigenvalue weighted by atomic mass is 32.1. The number of hydrogen-bond acceptors (Lipinski definition) is 5. The van der Waals surface area contributed by atoms with Crippen LogP contribution in [0.5, 0.6) is 0 Å². The number of carbonyl (C=O) groups is 1. The zero-order valence-electron chi connectivity index (χ0n) is 15.3. The Hall–Kier alpha value is -3.31. The number of aromatic amines is 1. The van der Waals surface area contributed by atoms with Gasteiger partial charge >= 0.3 is 0 Å². The smallest absolute Gasteiger partial charge is 0.266 e. The number of pyridine rings is 1. The second-order valence-corrected chi connectivity index (χ2v) is 7.12. The van der Waals surface area contributed by atoms with Gasteiger partial charge in [0.1, 0.15) is 17.4 Å². The SMILES string of the molecule is Cc1[nH]c(=O)c(C#N)c(C)c1CCC(=O)Nc1nc(-c2ccc(F)cc2)cs1. The zero-order chi connectivity index (χ0) is 20.3. The van der Waals surface area contributed by atoms with Crippen molar-refractivity contribution in [1.82, 2.24) is 9.97 Å². The van der Waals surface area contributed by atoms with Crippen molar-refractivity contribution in [2.75, 3.05) is 5.32 Å². The van der Waals surface area contributed by atoms with Crippen molar-refractivity contribution in [2.24, 2.45) is 0 Å². The molecule has 0 bridgehead atoms. The largest absolute Gasteiger partial charge is 0.325 e. The van der Waals surface area contributed by atoms with Gasteiger partial charge in [-0.1, -0.05) is 0 Å². The molecule has 1 amide bonds. The summed E-state index contributed by atoms with van der Waals surface area (Å²) in [7, 11) is 0. The molecule has 3 aromatic rings. The Morgan fingerprint density at radius 2 is 2.04 bits per heavy atom. The van der Waals surface area contributed by atoms with Gasteiger partial charge in [0, 0.05) is 23.1 Å². The molecule has 0 aliphatic rings. The highest BCUT2D eigenvalue weighted by Crippen LogP contribution is 2.25. The molecule has 0 unspecified atom stereocenters. The number of anilines is 1. The van der Waals surface area contributed by atoms with Crippen LogP contribution >= 0.6 is 11.3 Å². The number of carbonyl (C=O) groups excluding carboxylic acids is 1. The van der Waals surface area contributed by atoms with E-state index in [4.69, 9.17) is 5.26 Å². The molecule has 2 N–H and O–H groups in total. The van der Waals surface area contributed by atoms with Crippen LogP contribution in [0.2, 0.25) is 0 Å². The number of hydrogen-bond donors (Lipinski definition) is 2. The second-order valence-electron chi connectivity index (χ2n) is 6.26. The van der Waals surface area contributed by atoms with Gasteiger partial charge in [-0.05, 0) is 55.7 Å². The fourth-order valence-corrected chi connectivity index (χ4v) is 3.66. The lowest BCUT2D eigenvalue weighted by Crippen LogP contribution is -2.18.